The molecule has 1 aliphatic heterocycles. The lowest BCUT2D eigenvalue weighted by Gasteiger charge is -2.29. The Hall–Kier alpha value is -0.430. The molecule has 1 aromatic carbocycles. The third-order valence-electron chi connectivity index (χ3n) is 3.53. The van der Waals surface area contributed by atoms with E-state index >= 15 is 0 Å². The molecular weight excluding hydrogens is 212 g/mol. The highest BCUT2D eigenvalue weighted by molar-refractivity contribution is 7.99. The van der Waals surface area contributed by atoms with Crippen LogP contribution in [0, 0.1) is 5.92 Å². The molecule has 1 aromatic rings. The SMILES string of the molecule is CC(C)c1cccc2c1CC(C(C)C)SC2. The monoisotopic (exact) mass is 234 g/mol. The Kier molecular flexibility index (Phi) is 3.63. The van der Waals surface area contributed by atoms with Gasteiger partial charge in [-0.25, -0.2) is 0 Å². The molecule has 0 N–H and O–H groups in total. The zero-order valence-electron chi connectivity index (χ0n) is 10.8. The molecule has 1 heterocycles. The van der Waals surface area contributed by atoms with Crippen molar-refractivity contribution in [2.75, 3.05) is 0 Å². The Morgan fingerprint density at radius 1 is 1.19 bits per heavy atom. The molecular formula is C15H22S. The average Bonchev–Trinajstić information content (AvgIpc) is 2.27. The van der Waals surface area contributed by atoms with Crippen molar-refractivity contribution < 1.29 is 0 Å². The third kappa shape index (κ3) is 2.29. The van der Waals surface area contributed by atoms with E-state index in [2.05, 4.69) is 57.7 Å². The summed E-state index contributed by atoms with van der Waals surface area (Å²) >= 11 is 2.13. The van der Waals surface area contributed by atoms with Crippen molar-refractivity contribution in [2.24, 2.45) is 5.92 Å². The van der Waals surface area contributed by atoms with Gasteiger partial charge >= 0.3 is 0 Å². The van der Waals surface area contributed by atoms with Crippen LogP contribution in [0.2, 0.25) is 0 Å². The van der Waals surface area contributed by atoms with E-state index in [-0.39, 0.29) is 0 Å². The molecule has 0 nitrogen and oxygen atoms in total. The molecule has 88 valence electrons. The predicted molar refractivity (Wildman–Crippen MR) is 74.2 cm³/mol. The van der Waals surface area contributed by atoms with E-state index in [4.69, 9.17) is 0 Å². The summed E-state index contributed by atoms with van der Waals surface area (Å²) in [7, 11) is 0. The van der Waals surface area contributed by atoms with Gasteiger partial charge in [-0.05, 0) is 34.9 Å². The summed E-state index contributed by atoms with van der Waals surface area (Å²) in [6.45, 7) is 9.31. The molecule has 0 amide bonds. The Bertz CT molecular complexity index is 366. The van der Waals surface area contributed by atoms with Crippen LogP contribution in [-0.4, -0.2) is 5.25 Å². The average molecular weight is 234 g/mol. The lowest BCUT2D eigenvalue weighted by Crippen LogP contribution is -2.21. The summed E-state index contributed by atoms with van der Waals surface area (Å²) in [4.78, 5) is 0. The van der Waals surface area contributed by atoms with Gasteiger partial charge in [0.05, 0.1) is 0 Å². The lowest BCUT2D eigenvalue weighted by molar-refractivity contribution is 0.594. The second kappa shape index (κ2) is 4.83. The number of hydrogen-bond acceptors (Lipinski definition) is 1. The van der Waals surface area contributed by atoms with E-state index in [1.165, 1.54) is 12.2 Å². The molecule has 2 rings (SSSR count). The number of thioether (sulfide) groups is 1. The van der Waals surface area contributed by atoms with Crippen LogP contribution < -0.4 is 0 Å². The number of hydrogen-bond donors (Lipinski definition) is 0. The second-order valence-electron chi connectivity index (χ2n) is 5.44. The first-order valence-corrected chi connectivity index (χ1v) is 7.36. The van der Waals surface area contributed by atoms with E-state index in [9.17, 15) is 0 Å². The minimum atomic E-state index is 0.658. The first-order valence-electron chi connectivity index (χ1n) is 6.32. The van der Waals surface area contributed by atoms with Gasteiger partial charge in [0.1, 0.15) is 0 Å². The molecule has 0 saturated carbocycles. The van der Waals surface area contributed by atoms with Gasteiger partial charge < -0.3 is 0 Å². The van der Waals surface area contributed by atoms with Crippen molar-refractivity contribution in [1.82, 2.24) is 0 Å². The van der Waals surface area contributed by atoms with Gasteiger partial charge in [-0.15, -0.1) is 0 Å². The maximum atomic E-state index is 2.35. The second-order valence-corrected chi connectivity index (χ2v) is 6.66. The quantitative estimate of drug-likeness (QED) is 0.719. The van der Waals surface area contributed by atoms with Crippen LogP contribution in [0.1, 0.15) is 50.3 Å². The highest BCUT2D eigenvalue weighted by atomic mass is 32.2. The summed E-state index contributed by atoms with van der Waals surface area (Å²) in [5, 5.41) is 0.812. The van der Waals surface area contributed by atoms with E-state index < -0.39 is 0 Å². The molecule has 1 atom stereocenters. The normalized spacial score (nSPS) is 20.2. The molecule has 1 unspecified atom stereocenters. The standard InChI is InChI=1S/C15H22S/c1-10(2)13-7-5-6-12-9-16-15(11(3)4)8-14(12)13/h5-7,10-11,15H,8-9H2,1-4H3. The van der Waals surface area contributed by atoms with Gasteiger partial charge in [0.15, 0.2) is 0 Å². The first kappa shape index (κ1) is 12.0. The van der Waals surface area contributed by atoms with Gasteiger partial charge in [-0.2, -0.15) is 11.8 Å². The zero-order valence-corrected chi connectivity index (χ0v) is 11.6. The Morgan fingerprint density at radius 3 is 2.56 bits per heavy atom. The number of fused-ring (bicyclic) bond motifs is 1. The van der Waals surface area contributed by atoms with Crippen molar-refractivity contribution in [3.8, 4) is 0 Å². The Balaban J connectivity index is 2.34. The molecule has 0 fully saturated rings. The Labute approximate surface area is 104 Å². The Morgan fingerprint density at radius 2 is 1.94 bits per heavy atom. The van der Waals surface area contributed by atoms with Crippen LogP contribution in [0.5, 0.6) is 0 Å². The third-order valence-corrected chi connectivity index (χ3v) is 5.15. The van der Waals surface area contributed by atoms with Gasteiger partial charge in [0.25, 0.3) is 0 Å². The van der Waals surface area contributed by atoms with Gasteiger partial charge in [0.2, 0.25) is 0 Å². The van der Waals surface area contributed by atoms with Crippen LogP contribution >= 0.6 is 11.8 Å². The molecule has 0 spiro atoms. The maximum Gasteiger partial charge on any atom is 0.0190 e. The van der Waals surface area contributed by atoms with E-state index in [0.717, 1.165) is 11.2 Å². The topological polar surface area (TPSA) is 0 Å². The van der Waals surface area contributed by atoms with E-state index in [1.807, 2.05) is 0 Å². The molecule has 0 radical (unpaired) electrons. The number of rotatable bonds is 2. The summed E-state index contributed by atoms with van der Waals surface area (Å²) in [6.07, 6.45) is 1.27. The molecule has 16 heavy (non-hydrogen) atoms. The van der Waals surface area contributed by atoms with Gasteiger partial charge in [-0.1, -0.05) is 45.9 Å². The maximum absolute atomic E-state index is 2.35. The van der Waals surface area contributed by atoms with Crippen LogP contribution in [0.25, 0.3) is 0 Å². The summed E-state index contributed by atoms with van der Waals surface area (Å²) < 4.78 is 0. The largest absolute Gasteiger partial charge is 0.153 e. The van der Waals surface area contributed by atoms with Crippen molar-refractivity contribution in [3.05, 3.63) is 34.9 Å². The van der Waals surface area contributed by atoms with Crippen LogP contribution in [0.4, 0.5) is 0 Å². The van der Waals surface area contributed by atoms with Crippen LogP contribution in [0.3, 0.4) is 0 Å². The van der Waals surface area contributed by atoms with Crippen molar-refractivity contribution in [2.45, 2.75) is 51.0 Å². The summed E-state index contributed by atoms with van der Waals surface area (Å²) in [5.74, 6) is 2.66. The molecule has 1 aliphatic rings. The van der Waals surface area contributed by atoms with Crippen molar-refractivity contribution >= 4 is 11.8 Å². The smallest absolute Gasteiger partial charge is 0.0190 e. The van der Waals surface area contributed by atoms with Crippen molar-refractivity contribution in [3.63, 3.8) is 0 Å². The van der Waals surface area contributed by atoms with E-state index in [1.54, 1.807) is 16.7 Å². The van der Waals surface area contributed by atoms with Crippen molar-refractivity contribution in [1.29, 1.82) is 0 Å². The highest BCUT2D eigenvalue weighted by Crippen LogP contribution is 2.37. The zero-order chi connectivity index (χ0) is 11.7. The first-order chi connectivity index (χ1) is 7.59. The van der Waals surface area contributed by atoms with E-state index in [0.29, 0.717) is 5.92 Å². The molecule has 0 bridgehead atoms. The van der Waals surface area contributed by atoms with Crippen LogP contribution in [0.15, 0.2) is 18.2 Å². The fourth-order valence-electron chi connectivity index (χ4n) is 2.46. The van der Waals surface area contributed by atoms with Gasteiger partial charge in [0, 0.05) is 11.0 Å². The minimum absolute atomic E-state index is 0.658. The molecule has 0 aromatic heterocycles. The molecule has 0 aliphatic carbocycles. The highest BCUT2D eigenvalue weighted by Gasteiger charge is 2.23. The lowest BCUT2D eigenvalue weighted by atomic mass is 9.89. The van der Waals surface area contributed by atoms with Gasteiger partial charge in [-0.3, -0.25) is 0 Å². The number of benzene rings is 1. The molecule has 0 saturated heterocycles. The van der Waals surface area contributed by atoms with Crippen LogP contribution in [-0.2, 0) is 12.2 Å². The fraction of sp³-hybridized carbons (Fsp3) is 0.600. The molecule has 1 heteroatoms. The summed E-state index contributed by atoms with van der Waals surface area (Å²) in [6, 6.07) is 6.85. The fourth-order valence-corrected chi connectivity index (χ4v) is 3.80. The predicted octanol–water partition coefficient (Wildman–Crippen LogP) is 4.62. The minimum Gasteiger partial charge on any atom is -0.153 e. The summed E-state index contributed by atoms with van der Waals surface area (Å²) in [5.41, 5.74) is 4.80.